The van der Waals surface area contributed by atoms with E-state index in [4.69, 9.17) is 5.11 Å². The molecule has 0 spiro atoms. The summed E-state index contributed by atoms with van der Waals surface area (Å²) in [4.78, 5) is 11.1. The average Bonchev–Trinajstić information content (AvgIpc) is 3.11. The fourth-order valence-corrected chi connectivity index (χ4v) is 3.36. The number of benzene rings is 1. The maximum Gasteiger partial charge on any atom is 0.335 e. The molecule has 1 aromatic heterocycles. The first-order valence-corrected chi connectivity index (χ1v) is 7.78. The number of aromatic carboxylic acids is 1. The molecule has 3 rings (SSSR count). The van der Waals surface area contributed by atoms with Crippen molar-refractivity contribution in [3.05, 3.63) is 35.5 Å². The Labute approximate surface area is 124 Å². The molecule has 1 aliphatic rings. The number of rotatable bonds is 5. The summed E-state index contributed by atoms with van der Waals surface area (Å²) in [6, 6.07) is 8.13. The SMILES string of the molecule is CCn1c(CNC2CCCC2)cc2cc(C(=O)O)ccc21. The van der Waals surface area contributed by atoms with E-state index in [9.17, 15) is 4.79 Å². The van der Waals surface area contributed by atoms with Gasteiger partial charge in [0.05, 0.1) is 5.56 Å². The third-order valence-corrected chi connectivity index (χ3v) is 4.48. The molecule has 0 amide bonds. The Morgan fingerprint density at radius 3 is 2.76 bits per heavy atom. The molecular formula is C17H22N2O2. The van der Waals surface area contributed by atoms with Crippen molar-refractivity contribution in [1.82, 2.24) is 9.88 Å². The van der Waals surface area contributed by atoms with Gasteiger partial charge in [-0.2, -0.15) is 0 Å². The molecule has 0 aliphatic heterocycles. The maximum atomic E-state index is 11.1. The molecule has 0 saturated heterocycles. The minimum Gasteiger partial charge on any atom is -0.478 e. The molecular weight excluding hydrogens is 264 g/mol. The van der Waals surface area contributed by atoms with Crippen molar-refractivity contribution < 1.29 is 9.90 Å². The van der Waals surface area contributed by atoms with Gasteiger partial charge in [-0.05, 0) is 44.0 Å². The molecule has 1 aliphatic carbocycles. The quantitative estimate of drug-likeness (QED) is 0.886. The van der Waals surface area contributed by atoms with E-state index >= 15 is 0 Å². The highest BCUT2D eigenvalue weighted by Gasteiger charge is 2.16. The number of aryl methyl sites for hydroxylation is 1. The van der Waals surface area contributed by atoms with E-state index in [1.807, 2.05) is 6.07 Å². The van der Waals surface area contributed by atoms with E-state index in [2.05, 4.69) is 22.9 Å². The molecule has 0 radical (unpaired) electrons. The van der Waals surface area contributed by atoms with Crippen LogP contribution < -0.4 is 5.32 Å². The second kappa shape index (κ2) is 5.90. The third-order valence-electron chi connectivity index (χ3n) is 4.48. The van der Waals surface area contributed by atoms with Gasteiger partial charge < -0.3 is 15.0 Å². The van der Waals surface area contributed by atoms with Crippen molar-refractivity contribution in [3.63, 3.8) is 0 Å². The summed E-state index contributed by atoms with van der Waals surface area (Å²) in [6.45, 7) is 3.89. The molecule has 112 valence electrons. The summed E-state index contributed by atoms with van der Waals surface area (Å²) in [5.74, 6) is -0.869. The highest BCUT2D eigenvalue weighted by Crippen LogP contribution is 2.23. The van der Waals surface area contributed by atoms with Gasteiger partial charge in [0.15, 0.2) is 0 Å². The number of aromatic nitrogens is 1. The smallest absolute Gasteiger partial charge is 0.335 e. The molecule has 2 aromatic rings. The predicted molar refractivity (Wildman–Crippen MR) is 83.7 cm³/mol. The van der Waals surface area contributed by atoms with E-state index in [0.29, 0.717) is 11.6 Å². The van der Waals surface area contributed by atoms with E-state index in [1.165, 1.54) is 31.4 Å². The lowest BCUT2D eigenvalue weighted by Crippen LogP contribution is -2.26. The summed E-state index contributed by atoms with van der Waals surface area (Å²) in [7, 11) is 0. The van der Waals surface area contributed by atoms with Crippen LogP contribution in [-0.4, -0.2) is 21.7 Å². The summed E-state index contributed by atoms with van der Waals surface area (Å²) in [5.41, 5.74) is 2.71. The Hall–Kier alpha value is -1.81. The number of carboxylic acid groups (broad SMARTS) is 1. The van der Waals surface area contributed by atoms with Gasteiger partial charge in [-0.15, -0.1) is 0 Å². The van der Waals surface area contributed by atoms with Gasteiger partial charge in [-0.3, -0.25) is 0 Å². The lowest BCUT2D eigenvalue weighted by Gasteiger charge is -2.13. The van der Waals surface area contributed by atoms with Gasteiger partial charge in [0.25, 0.3) is 0 Å². The van der Waals surface area contributed by atoms with Crippen molar-refractivity contribution in [2.45, 2.75) is 51.7 Å². The third kappa shape index (κ3) is 2.81. The standard InChI is InChI=1S/C17H22N2O2/c1-2-19-15(11-18-14-5-3-4-6-14)10-13-9-12(17(20)21)7-8-16(13)19/h7-10,14,18H,2-6,11H2,1H3,(H,20,21). The lowest BCUT2D eigenvalue weighted by atomic mass is 10.1. The van der Waals surface area contributed by atoms with Crippen LogP contribution in [0.3, 0.4) is 0 Å². The van der Waals surface area contributed by atoms with Gasteiger partial charge in [-0.25, -0.2) is 4.79 Å². The van der Waals surface area contributed by atoms with Gasteiger partial charge >= 0.3 is 5.97 Å². The first-order chi connectivity index (χ1) is 10.2. The number of hydrogen-bond acceptors (Lipinski definition) is 2. The van der Waals surface area contributed by atoms with Gasteiger partial charge in [0, 0.05) is 35.7 Å². The molecule has 4 nitrogen and oxygen atoms in total. The van der Waals surface area contributed by atoms with E-state index in [-0.39, 0.29) is 0 Å². The van der Waals surface area contributed by atoms with E-state index in [1.54, 1.807) is 12.1 Å². The fraction of sp³-hybridized carbons (Fsp3) is 0.471. The molecule has 0 atom stereocenters. The Bertz CT molecular complexity index is 654. The predicted octanol–water partition coefficient (Wildman–Crippen LogP) is 3.39. The van der Waals surface area contributed by atoms with Crippen molar-refractivity contribution in [2.24, 2.45) is 0 Å². The fourth-order valence-electron chi connectivity index (χ4n) is 3.36. The minimum absolute atomic E-state index is 0.353. The van der Waals surface area contributed by atoms with Crippen LogP contribution in [-0.2, 0) is 13.1 Å². The van der Waals surface area contributed by atoms with Crippen LogP contribution in [0.5, 0.6) is 0 Å². The average molecular weight is 286 g/mol. The molecule has 0 bridgehead atoms. The zero-order valence-electron chi connectivity index (χ0n) is 12.4. The van der Waals surface area contributed by atoms with Crippen LogP contribution in [0.15, 0.2) is 24.3 Å². The van der Waals surface area contributed by atoms with Gasteiger partial charge in [-0.1, -0.05) is 12.8 Å². The normalized spacial score (nSPS) is 15.9. The van der Waals surface area contributed by atoms with Crippen LogP contribution >= 0.6 is 0 Å². The highest BCUT2D eigenvalue weighted by atomic mass is 16.4. The number of carboxylic acids is 1. The Morgan fingerprint density at radius 2 is 2.10 bits per heavy atom. The molecule has 21 heavy (non-hydrogen) atoms. The summed E-state index contributed by atoms with van der Waals surface area (Å²) in [5, 5.41) is 13.8. The monoisotopic (exact) mass is 286 g/mol. The minimum atomic E-state index is -0.869. The van der Waals surface area contributed by atoms with Crippen LogP contribution in [0.4, 0.5) is 0 Å². The van der Waals surface area contributed by atoms with E-state index < -0.39 is 5.97 Å². The number of hydrogen-bond donors (Lipinski definition) is 2. The number of nitrogens with one attached hydrogen (secondary N) is 1. The molecule has 0 unspecified atom stereocenters. The molecule has 1 aromatic carbocycles. The Morgan fingerprint density at radius 1 is 1.33 bits per heavy atom. The van der Waals surface area contributed by atoms with Crippen molar-refractivity contribution in [2.75, 3.05) is 0 Å². The number of nitrogens with zero attached hydrogens (tertiary/aromatic N) is 1. The molecule has 4 heteroatoms. The first kappa shape index (κ1) is 14.1. The van der Waals surface area contributed by atoms with Crippen molar-refractivity contribution in [1.29, 1.82) is 0 Å². The van der Waals surface area contributed by atoms with Crippen LogP contribution in [0.1, 0.15) is 48.7 Å². The lowest BCUT2D eigenvalue weighted by molar-refractivity contribution is 0.0697. The second-order valence-corrected chi connectivity index (χ2v) is 5.82. The summed E-state index contributed by atoms with van der Waals surface area (Å²) >= 11 is 0. The largest absolute Gasteiger partial charge is 0.478 e. The maximum absolute atomic E-state index is 11.1. The summed E-state index contributed by atoms with van der Waals surface area (Å²) in [6.07, 6.45) is 5.21. The zero-order chi connectivity index (χ0) is 14.8. The van der Waals surface area contributed by atoms with Crippen LogP contribution in [0.2, 0.25) is 0 Å². The Balaban J connectivity index is 1.88. The van der Waals surface area contributed by atoms with Crippen LogP contribution in [0.25, 0.3) is 10.9 Å². The molecule has 1 fully saturated rings. The number of fused-ring (bicyclic) bond motifs is 1. The van der Waals surface area contributed by atoms with Gasteiger partial charge in [0.2, 0.25) is 0 Å². The van der Waals surface area contributed by atoms with Gasteiger partial charge in [0.1, 0.15) is 0 Å². The molecule has 2 N–H and O–H groups in total. The molecule has 1 saturated carbocycles. The number of carbonyl (C=O) groups is 1. The topological polar surface area (TPSA) is 54.3 Å². The van der Waals surface area contributed by atoms with Crippen molar-refractivity contribution >= 4 is 16.9 Å². The van der Waals surface area contributed by atoms with E-state index in [0.717, 1.165) is 24.0 Å². The first-order valence-electron chi connectivity index (χ1n) is 7.78. The zero-order valence-corrected chi connectivity index (χ0v) is 12.4. The molecule has 1 heterocycles. The van der Waals surface area contributed by atoms with Crippen LogP contribution in [0, 0.1) is 0 Å². The Kier molecular flexibility index (Phi) is 3.97. The second-order valence-electron chi connectivity index (χ2n) is 5.82. The highest BCUT2D eigenvalue weighted by molar-refractivity contribution is 5.94. The summed E-state index contributed by atoms with van der Waals surface area (Å²) < 4.78 is 2.27. The van der Waals surface area contributed by atoms with Crippen molar-refractivity contribution in [3.8, 4) is 0 Å².